The van der Waals surface area contributed by atoms with Crippen LogP contribution in [0.25, 0.3) is 0 Å². The molecule has 3 nitrogen and oxygen atoms in total. The maximum atomic E-state index is 12.4. The number of nitrogens with zero attached hydrogens (tertiary/aromatic N) is 1. The molecule has 1 amide bonds. The summed E-state index contributed by atoms with van der Waals surface area (Å²) in [5.41, 5.74) is 0. The molecule has 2 heterocycles. The zero-order valence-electron chi connectivity index (χ0n) is 9.66. The normalized spacial score (nSPS) is 28.1. The summed E-state index contributed by atoms with van der Waals surface area (Å²) in [6, 6.07) is 0. The van der Waals surface area contributed by atoms with E-state index in [1.54, 1.807) is 0 Å². The van der Waals surface area contributed by atoms with Crippen LogP contribution in [0.4, 0.5) is 4.39 Å². The summed E-state index contributed by atoms with van der Waals surface area (Å²) < 4.78 is 17.9. The summed E-state index contributed by atoms with van der Waals surface area (Å²) in [7, 11) is 0. The van der Waals surface area contributed by atoms with Crippen molar-refractivity contribution >= 4 is 5.91 Å². The predicted molar refractivity (Wildman–Crippen MR) is 58.9 cm³/mol. The van der Waals surface area contributed by atoms with Crippen LogP contribution in [0.15, 0.2) is 0 Å². The molecule has 0 bridgehead atoms. The number of hydrogen-bond acceptors (Lipinski definition) is 2. The van der Waals surface area contributed by atoms with Crippen LogP contribution in [0, 0.1) is 5.92 Å². The average molecular weight is 229 g/mol. The van der Waals surface area contributed by atoms with Gasteiger partial charge in [-0.1, -0.05) is 0 Å². The largest absolute Gasteiger partial charge is 0.368 e. The van der Waals surface area contributed by atoms with E-state index in [0.29, 0.717) is 19.7 Å². The first-order valence-electron chi connectivity index (χ1n) is 6.27. The lowest BCUT2D eigenvalue weighted by molar-refractivity contribution is -0.148. The van der Waals surface area contributed by atoms with Crippen molar-refractivity contribution in [3.8, 4) is 0 Å². The van der Waals surface area contributed by atoms with E-state index in [2.05, 4.69) is 0 Å². The number of alkyl halides is 1. The van der Waals surface area contributed by atoms with E-state index in [1.165, 1.54) is 0 Å². The number of likely N-dealkylation sites (tertiary alicyclic amines) is 1. The van der Waals surface area contributed by atoms with Crippen LogP contribution in [0.2, 0.25) is 0 Å². The highest BCUT2D eigenvalue weighted by molar-refractivity contribution is 5.81. The number of rotatable bonds is 2. The molecule has 0 radical (unpaired) electrons. The minimum Gasteiger partial charge on any atom is -0.368 e. The van der Waals surface area contributed by atoms with Gasteiger partial charge in [0, 0.05) is 19.7 Å². The highest BCUT2D eigenvalue weighted by Crippen LogP contribution is 2.21. The Morgan fingerprint density at radius 1 is 1.25 bits per heavy atom. The molecule has 2 fully saturated rings. The van der Waals surface area contributed by atoms with Crippen molar-refractivity contribution in [2.45, 2.75) is 38.2 Å². The SMILES string of the molecule is O=C(C1CCCCO1)N1CCC(CF)CC1. The van der Waals surface area contributed by atoms with Crippen molar-refractivity contribution < 1.29 is 13.9 Å². The van der Waals surface area contributed by atoms with Gasteiger partial charge in [-0.05, 0) is 38.0 Å². The second-order valence-electron chi connectivity index (χ2n) is 4.78. The number of ether oxygens (including phenoxy) is 1. The second kappa shape index (κ2) is 5.62. The Bertz CT molecular complexity index is 233. The van der Waals surface area contributed by atoms with Crippen molar-refractivity contribution in [3.05, 3.63) is 0 Å². The van der Waals surface area contributed by atoms with Gasteiger partial charge in [0.05, 0.1) is 6.67 Å². The van der Waals surface area contributed by atoms with Crippen molar-refractivity contribution in [2.75, 3.05) is 26.4 Å². The van der Waals surface area contributed by atoms with E-state index in [4.69, 9.17) is 4.74 Å². The van der Waals surface area contributed by atoms with Gasteiger partial charge in [0.25, 0.3) is 5.91 Å². The highest BCUT2D eigenvalue weighted by atomic mass is 19.1. The minimum absolute atomic E-state index is 0.122. The highest BCUT2D eigenvalue weighted by Gasteiger charge is 2.29. The summed E-state index contributed by atoms with van der Waals surface area (Å²) >= 11 is 0. The van der Waals surface area contributed by atoms with Crippen molar-refractivity contribution in [3.63, 3.8) is 0 Å². The Morgan fingerprint density at radius 2 is 2.00 bits per heavy atom. The average Bonchev–Trinajstić information content (AvgIpc) is 2.39. The van der Waals surface area contributed by atoms with Gasteiger partial charge in [0.2, 0.25) is 0 Å². The number of hydrogen-bond donors (Lipinski definition) is 0. The van der Waals surface area contributed by atoms with Gasteiger partial charge in [0.1, 0.15) is 6.10 Å². The summed E-state index contributed by atoms with van der Waals surface area (Å²) in [5.74, 6) is 0.285. The molecule has 2 aliphatic heterocycles. The van der Waals surface area contributed by atoms with Crippen LogP contribution in [-0.2, 0) is 9.53 Å². The quantitative estimate of drug-likeness (QED) is 0.722. The zero-order valence-corrected chi connectivity index (χ0v) is 9.66. The van der Waals surface area contributed by atoms with Gasteiger partial charge in [-0.25, -0.2) is 0 Å². The molecule has 0 spiro atoms. The van der Waals surface area contributed by atoms with Crippen LogP contribution in [0.5, 0.6) is 0 Å². The minimum atomic E-state index is -0.248. The van der Waals surface area contributed by atoms with Crippen LogP contribution < -0.4 is 0 Å². The molecule has 0 saturated carbocycles. The molecule has 0 aromatic rings. The molecule has 16 heavy (non-hydrogen) atoms. The lowest BCUT2D eigenvalue weighted by Crippen LogP contribution is -2.45. The number of carbonyl (C=O) groups is 1. The standard InChI is InChI=1S/C12H20FNO2/c13-9-10-4-6-14(7-5-10)12(15)11-3-1-2-8-16-11/h10-11H,1-9H2. The Balaban J connectivity index is 1.81. The van der Waals surface area contributed by atoms with Gasteiger partial charge in [-0.15, -0.1) is 0 Å². The van der Waals surface area contributed by atoms with Gasteiger partial charge in [0.15, 0.2) is 0 Å². The van der Waals surface area contributed by atoms with Crippen LogP contribution in [0.3, 0.4) is 0 Å². The Hall–Kier alpha value is -0.640. The molecule has 2 rings (SSSR count). The zero-order chi connectivity index (χ0) is 11.4. The van der Waals surface area contributed by atoms with E-state index in [1.807, 2.05) is 4.90 Å². The van der Waals surface area contributed by atoms with E-state index in [9.17, 15) is 9.18 Å². The van der Waals surface area contributed by atoms with Gasteiger partial charge < -0.3 is 9.64 Å². The molecule has 92 valence electrons. The van der Waals surface area contributed by atoms with Gasteiger partial charge in [-0.3, -0.25) is 9.18 Å². The third kappa shape index (κ3) is 2.73. The third-order valence-corrected chi connectivity index (χ3v) is 3.60. The number of carbonyl (C=O) groups excluding carboxylic acids is 1. The fraction of sp³-hybridized carbons (Fsp3) is 0.917. The molecule has 0 aliphatic carbocycles. The van der Waals surface area contributed by atoms with Gasteiger partial charge >= 0.3 is 0 Å². The molecule has 1 unspecified atom stereocenters. The monoisotopic (exact) mass is 229 g/mol. The van der Waals surface area contributed by atoms with Crippen molar-refractivity contribution in [2.24, 2.45) is 5.92 Å². The molecular formula is C12H20FNO2. The smallest absolute Gasteiger partial charge is 0.251 e. The Kier molecular flexibility index (Phi) is 4.16. The Labute approximate surface area is 95.9 Å². The summed E-state index contributed by atoms with van der Waals surface area (Å²) in [5, 5.41) is 0. The van der Waals surface area contributed by atoms with Crippen molar-refractivity contribution in [1.82, 2.24) is 4.90 Å². The maximum Gasteiger partial charge on any atom is 0.251 e. The van der Waals surface area contributed by atoms with Crippen LogP contribution in [-0.4, -0.2) is 43.3 Å². The lowest BCUT2D eigenvalue weighted by atomic mass is 9.97. The molecule has 2 saturated heterocycles. The number of halogens is 1. The topological polar surface area (TPSA) is 29.5 Å². The van der Waals surface area contributed by atoms with E-state index in [0.717, 1.165) is 32.1 Å². The molecule has 0 aromatic carbocycles. The molecule has 2 aliphatic rings. The lowest BCUT2D eigenvalue weighted by Gasteiger charge is -2.34. The summed E-state index contributed by atoms with van der Waals surface area (Å²) in [6.45, 7) is 1.86. The van der Waals surface area contributed by atoms with E-state index >= 15 is 0 Å². The number of amides is 1. The molecule has 0 aromatic heterocycles. The molecule has 1 atom stereocenters. The first-order chi connectivity index (χ1) is 7.81. The summed E-state index contributed by atoms with van der Waals surface area (Å²) in [6.07, 6.45) is 4.37. The molecule has 4 heteroatoms. The van der Waals surface area contributed by atoms with E-state index in [-0.39, 0.29) is 24.6 Å². The van der Waals surface area contributed by atoms with Crippen LogP contribution >= 0.6 is 0 Å². The van der Waals surface area contributed by atoms with Crippen molar-refractivity contribution in [1.29, 1.82) is 0 Å². The van der Waals surface area contributed by atoms with Crippen LogP contribution in [0.1, 0.15) is 32.1 Å². The predicted octanol–water partition coefficient (Wildman–Crippen LogP) is 1.76. The first kappa shape index (κ1) is 11.8. The van der Waals surface area contributed by atoms with E-state index < -0.39 is 0 Å². The maximum absolute atomic E-state index is 12.4. The number of piperidine rings is 1. The summed E-state index contributed by atoms with van der Waals surface area (Å²) in [4.78, 5) is 13.9. The fourth-order valence-electron chi connectivity index (χ4n) is 2.45. The first-order valence-corrected chi connectivity index (χ1v) is 6.27. The molecular weight excluding hydrogens is 209 g/mol. The Morgan fingerprint density at radius 3 is 2.56 bits per heavy atom. The second-order valence-corrected chi connectivity index (χ2v) is 4.78. The molecule has 0 N–H and O–H groups in total. The fourth-order valence-corrected chi connectivity index (χ4v) is 2.45. The van der Waals surface area contributed by atoms with Gasteiger partial charge in [-0.2, -0.15) is 0 Å². The third-order valence-electron chi connectivity index (χ3n) is 3.60.